The lowest BCUT2D eigenvalue weighted by atomic mass is 10.1. The number of hydrogen-bond donors (Lipinski definition) is 1. The van der Waals surface area contributed by atoms with Gasteiger partial charge in [-0.25, -0.2) is 4.39 Å². The lowest BCUT2D eigenvalue weighted by Gasteiger charge is -2.18. The maximum Gasteiger partial charge on any atom is 0.133 e. The summed E-state index contributed by atoms with van der Waals surface area (Å²) in [5, 5.41) is 0. The predicted molar refractivity (Wildman–Crippen MR) is 88.6 cm³/mol. The van der Waals surface area contributed by atoms with Crippen LogP contribution in [0.5, 0.6) is 0 Å². The van der Waals surface area contributed by atoms with Crippen molar-refractivity contribution in [2.45, 2.75) is 20.0 Å². The van der Waals surface area contributed by atoms with E-state index in [1.807, 2.05) is 19.2 Å². The summed E-state index contributed by atoms with van der Waals surface area (Å²) in [5.41, 5.74) is 9.40. The van der Waals surface area contributed by atoms with Gasteiger partial charge in [0.05, 0.1) is 0 Å². The minimum absolute atomic E-state index is 0.0934. The Morgan fingerprint density at radius 1 is 1.19 bits per heavy atom. The van der Waals surface area contributed by atoms with Crippen molar-refractivity contribution < 1.29 is 4.39 Å². The van der Waals surface area contributed by atoms with Crippen LogP contribution in [-0.4, -0.2) is 16.9 Å². The largest absolute Gasteiger partial charge is 0.389 e. The van der Waals surface area contributed by atoms with E-state index in [-0.39, 0.29) is 10.8 Å². The van der Waals surface area contributed by atoms with E-state index in [1.165, 1.54) is 17.2 Å². The summed E-state index contributed by atoms with van der Waals surface area (Å²) in [7, 11) is 2.04. The van der Waals surface area contributed by atoms with Crippen LogP contribution in [-0.2, 0) is 13.1 Å². The van der Waals surface area contributed by atoms with Gasteiger partial charge in [-0.05, 0) is 42.8 Å². The molecule has 2 nitrogen and oxygen atoms in total. The molecule has 2 aromatic carbocycles. The Hall–Kier alpha value is -1.78. The third-order valence-electron chi connectivity index (χ3n) is 3.45. The lowest BCUT2D eigenvalue weighted by Crippen LogP contribution is -2.19. The van der Waals surface area contributed by atoms with Crippen LogP contribution in [0.15, 0.2) is 42.5 Å². The molecule has 21 heavy (non-hydrogen) atoms. The summed E-state index contributed by atoms with van der Waals surface area (Å²) in [6.07, 6.45) is 0. The van der Waals surface area contributed by atoms with Gasteiger partial charge in [0.1, 0.15) is 10.8 Å². The highest BCUT2D eigenvalue weighted by Gasteiger charge is 2.08. The number of rotatable bonds is 5. The van der Waals surface area contributed by atoms with Crippen molar-refractivity contribution in [3.8, 4) is 0 Å². The van der Waals surface area contributed by atoms with Crippen molar-refractivity contribution in [1.29, 1.82) is 0 Å². The van der Waals surface area contributed by atoms with Gasteiger partial charge in [-0.1, -0.05) is 42.5 Å². The molecule has 110 valence electrons. The molecule has 0 unspecified atom stereocenters. The molecule has 2 aromatic rings. The van der Waals surface area contributed by atoms with Crippen molar-refractivity contribution in [3.63, 3.8) is 0 Å². The van der Waals surface area contributed by atoms with E-state index >= 15 is 0 Å². The lowest BCUT2D eigenvalue weighted by molar-refractivity contribution is 0.318. The second kappa shape index (κ2) is 6.78. The minimum Gasteiger partial charge on any atom is -0.389 e. The fourth-order valence-electron chi connectivity index (χ4n) is 2.31. The molecule has 0 aliphatic carbocycles. The first-order valence-corrected chi connectivity index (χ1v) is 7.19. The summed E-state index contributed by atoms with van der Waals surface area (Å²) in [6.45, 7) is 3.66. The van der Waals surface area contributed by atoms with Gasteiger partial charge in [-0.15, -0.1) is 0 Å². The first-order valence-electron chi connectivity index (χ1n) is 6.78. The number of hydrogen-bond acceptors (Lipinski definition) is 2. The Bertz CT molecular complexity index is 655. The predicted octanol–water partition coefficient (Wildman–Crippen LogP) is 3.40. The van der Waals surface area contributed by atoms with Crippen LogP contribution in [0.2, 0.25) is 0 Å². The number of thiocarbonyl (C=S) groups is 1. The smallest absolute Gasteiger partial charge is 0.133 e. The highest BCUT2D eigenvalue weighted by molar-refractivity contribution is 7.80. The zero-order chi connectivity index (χ0) is 15.4. The van der Waals surface area contributed by atoms with Crippen LogP contribution in [0.3, 0.4) is 0 Å². The van der Waals surface area contributed by atoms with Crippen molar-refractivity contribution >= 4 is 17.2 Å². The van der Waals surface area contributed by atoms with Crippen LogP contribution < -0.4 is 5.73 Å². The maximum atomic E-state index is 13.6. The SMILES string of the molecule is Cc1ccccc1CN(C)Cc1ccc(F)c(C(N)=S)c1. The Morgan fingerprint density at radius 3 is 2.57 bits per heavy atom. The number of halogens is 1. The molecule has 0 aliphatic heterocycles. The Balaban J connectivity index is 2.09. The van der Waals surface area contributed by atoms with Crippen LogP contribution in [0.1, 0.15) is 22.3 Å². The standard InChI is InChI=1S/C17H19FN2S/c1-12-5-3-4-6-14(12)11-20(2)10-13-7-8-16(18)15(9-13)17(19)21/h3-9H,10-11H2,1-2H3,(H2,19,21). The van der Waals surface area contributed by atoms with Crippen molar-refractivity contribution in [3.05, 3.63) is 70.5 Å². The van der Waals surface area contributed by atoms with Crippen LogP contribution in [0.4, 0.5) is 4.39 Å². The van der Waals surface area contributed by atoms with Gasteiger partial charge in [0, 0.05) is 18.7 Å². The molecule has 0 aromatic heterocycles. The van der Waals surface area contributed by atoms with Crippen LogP contribution >= 0.6 is 12.2 Å². The van der Waals surface area contributed by atoms with E-state index in [4.69, 9.17) is 18.0 Å². The molecular formula is C17H19FN2S. The van der Waals surface area contributed by atoms with Gasteiger partial charge in [0.2, 0.25) is 0 Å². The minimum atomic E-state index is -0.368. The number of benzene rings is 2. The molecule has 0 amide bonds. The normalized spacial score (nSPS) is 10.9. The quantitative estimate of drug-likeness (QED) is 0.858. The molecular weight excluding hydrogens is 283 g/mol. The highest BCUT2D eigenvalue weighted by Crippen LogP contribution is 2.15. The second-order valence-electron chi connectivity index (χ2n) is 5.28. The highest BCUT2D eigenvalue weighted by atomic mass is 32.1. The second-order valence-corrected chi connectivity index (χ2v) is 5.72. The van der Waals surface area contributed by atoms with Gasteiger partial charge < -0.3 is 5.73 Å². The average molecular weight is 302 g/mol. The first-order chi connectivity index (χ1) is 9.97. The molecule has 2 N–H and O–H groups in total. The molecule has 0 heterocycles. The maximum absolute atomic E-state index is 13.6. The van der Waals surface area contributed by atoms with E-state index in [9.17, 15) is 4.39 Å². The zero-order valence-electron chi connectivity index (χ0n) is 12.3. The number of nitrogens with zero attached hydrogens (tertiary/aromatic N) is 1. The van der Waals surface area contributed by atoms with E-state index in [0.29, 0.717) is 12.1 Å². The van der Waals surface area contributed by atoms with E-state index in [1.54, 1.807) is 12.1 Å². The van der Waals surface area contributed by atoms with Gasteiger partial charge in [-0.2, -0.15) is 0 Å². The zero-order valence-corrected chi connectivity index (χ0v) is 13.1. The monoisotopic (exact) mass is 302 g/mol. The van der Waals surface area contributed by atoms with Crippen molar-refractivity contribution in [2.75, 3.05) is 7.05 Å². The van der Waals surface area contributed by atoms with Gasteiger partial charge >= 0.3 is 0 Å². The third kappa shape index (κ3) is 4.09. The molecule has 4 heteroatoms. The molecule has 0 fully saturated rings. The average Bonchev–Trinajstić information content (AvgIpc) is 2.43. The summed E-state index contributed by atoms with van der Waals surface area (Å²) in [6, 6.07) is 13.2. The van der Waals surface area contributed by atoms with E-state index < -0.39 is 0 Å². The summed E-state index contributed by atoms with van der Waals surface area (Å²) in [5.74, 6) is -0.368. The van der Waals surface area contributed by atoms with Gasteiger partial charge in [0.25, 0.3) is 0 Å². The van der Waals surface area contributed by atoms with E-state index in [2.05, 4.69) is 24.0 Å². The Morgan fingerprint density at radius 2 is 1.90 bits per heavy atom. The van der Waals surface area contributed by atoms with Crippen molar-refractivity contribution in [2.24, 2.45) is 5.73 Å². The van der Waals surface area contributed by atoms with Crippen molar-refractivity contribution in [1.82, 2.24) is 4.90 Å². The molecule has 0 bridgehead atoms. The summed E-state index contributed by atoms with van der Waals surface area (Å²) < 4.78 is 13.6. The van der Waals surface area contributed by atoms with Gasteiger partial charge in [0.15, 0.2) is 0 Å². The Kier molecular flexibility index (Phi) is 5.04. The third-order valence-corrected chi connectivity index (χ3v) is 3.67. The number of nitrogens with two attached hydrogens (primary N) is 1. The number of aryl methyl sites for hydroxylation is 1. The van der Waals surface area contributed by atoms with Crippen LogP contribution in [0, 0.1) is 12.7 Å². The summed E-state index contributed by atoms with van der Waals surface area (Å²) in [4.78, 5) is 2.27. The molecule has 2 rings (SSSR count). The molecule has 0 aliphatic rings. The van der Waals surface area contributed by atoms with Gasteiger partial charge in [-0.3, -0.25) is 4.90 Å². The van der Waals surface area contributed by atoms with E-state index in [0.717, 1.165) is 12.1 Å². The fourth-order valence-corrected chi connectivity index (χ4v) is 2.46. The summed E-state index contributed by atoms with van der Waals surface area (Å²) >= 11 is 4.87. The Labute approximate surface area is 130 Å². The molecule has 0 saturated heterocycles. The molecule has 0 saturated carbocycles. The molecule has 0 radical (unpaired) electrons. The molecule has 0 atom stereocenters. The van der Waals surface area contributed by atoms with Crippen LogP contribution in [0.25, 0.3) is 0 Å². The fraction of sp³-hybridized carbons (Fsp3) is 0.235. The molecule has 0 spiro atoms. The topological polar surface area (TPSA) is 29.3 Å². The first kappa shape index (κ1) is 15.6.